The minimum absolute atomic E-state index is 0.0367. The lowest BCUT2D eigenvalue weighted by atomic mass is 10.1. The Balaban J connectivity index is 2.49. The number of aromatic nitrogens is 2. The molecule has 125 valence electrons. The molecule has 2 rings (SSSR count). The number of halogens is 5. The Morgan fingerprint density at radius 1 is 1.17 bits per heavy atom. The zero-order valence-electron chi connectivity index (χ0n) is 12.4. The van der Waals surface area contributed by atoms with Gasteiger partial charge in [0.2, 0.25) is 0 Å². The summed E-state index contributed by atoms with van der Waals surface area (Å²) < 4.78 is 65.8. The third-order valence-electron chi connectivity index (χ3n) is 2.96. The van der Waals surface area contributed by atoms with Gasteiger partial charge in [-0.1, -0.05) is 25.6 Å². The molecule has 0 unspecified atom stereocenters. The summed E-state index contributed by atoms with van der Waals surface area (Å²) in [6, 6.07) is 2.82. The van der Waals surface area contributed by atoms with Crippen molar-refractivity contribution in [3.8, 4) is 0 Å². The minimum Gasteiger partial charge on any atom is -0.313 e. The van der Waals surface area contributed by atoms with Crippen molar-refractivity contribution in [2.24, 2.45) is 0 Å². The number of hydrogen-bond donors (Lipinski definition) is 0. The van der Waals surface area contributed by atoms with Gasteiger partial charge in [0, 0.05) is 17.9 Å². The van der Waals surface area contributed by atoms with Gasteiger partial charge >= 0.3 is 6.18 Å². The maximum atomic E-state index is 13.3. The SMILES string of the molecule is [CH2]c1nc(C(C)C)c(Sc2cc(F)cc(F)c2)n1CC(F)(F)F. The van der Waals surface area contributed by atoms with E-state index in [0.29, 0.717) is 11.8 Å². The fraction of sp³-hybridized carbons (Fsp3) is 0.333. The van der Waals surface area contributed by atoms with Gasteiger partial charge < -0.3 is 4.57 Å². The van der Waals surface area contributed by atoms with E-state index in [1.165, 1.54) is 0 Å². The Bertz CT molecular complexity index is 686. The van der Waals surface area contributed by atoms with Crippen LogP contribution in [0.2, 0.25) is 0 Å². The molecular weight excluding hydrogens is 335 g/mol. The second kappa shape index (κ2) is 6.51. The normalized spacial score (nSPS) is 12.2. The van der Waals surface area contributed by atoms with Gasteiger partial charge in [0.05, 0.1) is 5.69 Å². The zero-order valence-corrected chi connectivity index (χ0v) is 13.2. The molecule has 0 saturated carbocycles. The molecular formula is C15H14F5N2S. The Kier molecular flexibility index (Phi) is 5.03. The van der Waals surface area contributed by atoms with Gasteiger partial charge in [0.1, 0.15) is 29.0 Å². The summed E-state index contributed by atoms with van der Waals surface area (Å²) >= 11 is 0.839. The molecule has 2 nitrogen and oxygen atoms in total. The lowest BCUT2D eigenvalue weighted by Crippen LogP contribution is -2.19. The van der Waals surface area contributed by atoms with Crippen LogP contribution in [-0.2, 0) is 6.54 Å². The maximum absolute atomic E-state index is 13.3. The van der Waals surface area contributed by atoms with E-state index in [4.69, 9.17) is 0 Å². The molecule has 1 aromatic carbocycles. The summed E-state index contributed by atoms with van der Waals surface area (Å²) in [6.45, 7) is 5.82. The highest BCUT2D eigenvalue weighted by Crippen LogP contribution is 2.36. The summed E-state index contributed by atoms with van der Waals surface area (Å²) in [5.41, 5.74) is 0.411. The Hall–Kier alpha value is -1.57. The molecule has 0 saturated heterocycles. The van der Waals surface area contributed by atoms with Gasteiger partial charge in [-0.2, -0.15) is 13.2 Å². The minimum atomic E-state index is -4.45. The van der Waals surface area contributed by atoms with Crippen LogP contribution in [0.3, 0.4) is 0 Å². The van der Waals surface area contributed by atoms with Crippen LogP contribution in [0, 0.1) is 18.6 Å². The van der Waals surface area contributed by atoms with Crippen molar-refractivity contribution in [3.63, 3.8) is 0 Å². The Labute approximate surface area is 134 Å². The van der Waals surface area contributed by atoms with Crippen LogP contribution in [0.4, 0.5) is 22.0 Å². The standard InChI is InChI=1S/C15H14F5N2S/c1-8(2)13-14(22(9(3)21-13)7-15(18,19)20)23-12-5-10(16)4-11(17)6-12/h4-6,8H,3,7H2,1-2H3. The first-order valence-corrected chi connectivity index (χ1v) is 7.51. The molecule has 0 atom stereocenters. The van der Waals surface area contributed by atoms with Crippen LogP contribution in [0.25, 0.3) is 0 Å². The van der Waals surface area contributed by atoms with E-state index >= 15 is 0 Å². The lowest BCUT2D eigenvalue weighted by molar-refractivity contribution is -0.142. The average molecular weight is 349 g/mol. The molecule has 8 heteroatoms. The van der Waals surface area contributed by atoms with Crippen molar-refractivity contribution in [1.29, 1.82) is 0 Å². The molecule has 2 aromatic rings. The van der Waals surface area contributed by atoms with Gasteiger partial charge in [-0.25, -0.2) is 13.8 Å². The van der Waals surface area contributed by atoms with Crippen molar-refractivity contribution in [2.45, 2.75) is 42.4 Å². The summed E-state index contributed by atoms with van der Waals surface area (Å²) in [5.74, 6) is -1.79. The molecule has 0 fully saturated rings. The van der Waals surface area contributed by atoms with Crippen molar-refractivity contribution in [2.75, 3.05) is 0 Å². The third kappa shape index (κ3) is 4.46. The number of rotatable bonds is 4. The number of benzene rings is 1. The largest absolute Gasteiger partial charge is 0.406 e. The van der Waals surface area contributed by atoms with E-state index < -0.39 is 24.4 Å². The first-order valence-electron chi connectivity index (χ1n) is 6.70. The highest BCUT2D eigenvalue weighted by molar-refractivity contribution is 7.99. The van der Waals surface area contributed by atoms with Gasteiger partial charge in [-0.15, -0.1) is 0 Å². The van der Waals surface area contributed by atoms with E-state index in [-0.39, 0.29) is 21.7 Å². The van der Waals surface area contributed by atoms with Gasteiger partial charge in [0.25, 0.3) is 0 Å². The highest BCUT2D eigenvalue weighted by atomic mass is 32.2. The first-order chi connectivity index (χ1) is 10.6. The van der Waals surface area contributed by atoms with Gasteiger partial charge in [-0.3, -0.25) is 0 Å². The highest BCUT2D eigenvalue weighted by Gasteiger charge is 2.31. The molecule has 0 bridgehead atoms. The van der Waals surface area contributed by atoms with Crippen LogP contribution in [0.15, 0.2) is 28.1 Å². The van der Waals surface area contributed by atoms with Crippen LogP contribution in [-0.4, -0.2) is 15.7 Å². The molecule has 0 aliphatic carbocycles. The smallest absolute Gasteiger partial charge is 0.313 e. The summed E-state index contributed by atoms with van der Waals surface area (Å²) in [6.07, 6.45) is -4.45. The number of nitrogens with zero attached hydrogens (tertiary/aromatic N) is 2. The molecule has 0 spiro atoms. The van der Waals surface area contributed by atoms with E-state index in [2.05, 4.69) is 11.9 Å². The van der Waals surface area contributed by atoms with Crippen LogP contribution in [0.1, 0.15) is 31.3 Å². The molecule has 1 aromatic heterocycles. The topological polar surface area (TPSA) is 17.8 Å². The van der Waals surface area contributed by atoms with Crippen LogP contribution >= 0.6 is 11.8 Å². The lowest BCUT2D eigenvalue weighted by Gasteiger charge is -2.14. The van der Waals surface area contributed by atoms with Crippen molar-refractivity contribution in [3.05, 3.63) is 48.3 Å². The molecule has 1 heterocycles. The van der Waals surface area contributed by atoms with Gasteiger partial charge in [-0.05, 0) is 18.1 Å². The molecule has 23 heavy (non-hydrogen) atoms. The third-order valence-corrected chi connectivity index (χ3v) is 4.05. The van der Waals surface area contributed by atoms with E-state index in [0.717, 1.165) is 28.5 Å². The molecule has 1 radical (unpaired) electrons. The number of imidazole rings is 1. The number of alkyl halides is 3. The van der Waals surface area contributed by atoms with E-state index in [9.17, 15) is 22.0 Å². The molecule has 0 aliphatic rings. The number of hydrogen-bond acceptors (Lipinski definition) is 2. The quantitative estimate of drug-likeness (QED) is 0.708. The summed E-state index contributed by atoms with van der Waals surface area (Å²) in [5, 5.41) is 0.187. The van der Waals surface area contributed by atoms with Crippen LogP contribution < -0.4 is 0 Å². The fourth-order valence-corrected chi connectivity index (χ4v) is 3.26. The Morgan fingerprint density at radius 2 is 1.74 bits per heavy atom. The van der Waals surface area contributed by atoms with Gasteiger partial charge in [0.15, 0.2) is 0 Å². The second-order valence-electron chi connectivity index (χ2n) is 5.28. The zero-order chi connectivity index (χ0) is 17.4. The monoisotopic (exact) mass is 349 g/mol. The van der Waals surface area contributed by atoms with Crippen LogP contribution in [0.5, 0.6) is 0 Å². The first kappa shape index (κ1) is 17.8. The second-order valence-corrected chi connectivity index (χ2v) is 6.34. The van der Waals surface area contributed by atoms with Crippen molar-refractivity contribution in [1.82, 2.24) is 9.55 Å². The van der Waals surface area contributed by atoms with E-state index in [1.807, 2.05) is 0 Å². The van der Waals surface area contributed by atoms with Crippen molar-refractivity contribution < 1.29 is 22.0 Å². The Morgan fingerprint density at radius 3 is 2.22 bits per heavy atom. The molecule has 0 amide bonds. The summed E-state index contributed by atoms with van der Waals surface area (Å²) in [4.78, 5) is 4.24. The predicted molar refractivity (Wildman–Crippen MR) is 77.3 cm³/mol. The predicted octanol–water partition coefficient (Wildman–Crippen LogP) is 5.18. The van der Waals surface area contributed by atoms with E-state index in [1.54, 1.807) is 13.8 Å². The maximum Gasteiger partial charge on any atom is 0.406 e. The molecule has 0 N–H and O–H groups in total. The molecule has 0 aliphatic heterocycles. The summed E-state index contributed by atoms with van der Waals surface area (Å²) in [7, 11) is 0. The fourth-order valence-electron chi connectivity index (χ4n) is 2.03. The van der Waals surface area contributed by atoms with Crippen molar-refractivity contribution >= 4 is 11.8 Å². The average Bonchev–Trinajstić information content (AvgIpc) is 2.64.